The minimum Gasteiger partial charge on any atom is -0.506 e. The van der Waals surface area contributed by atoms with Crippen LogP contribution in [0.5, 0.6) is 11.5 Å². The highest BCUT2D eigenvalue weighted by atomic mass is 16.5. The maximum absolute atomic E-state index is 12.6. The average molecular weight is 379 g/mol. The van der Waals surface area contributed by atoms with E-state index in [1.807, 2.05) is 0 Å². The summed E-state index contributed by atoms with van der Waals surface area (Å²) >= 11 is 0. The van der Waals surface area contributed by atoms with Crippen LogP contribution in [0.25, 0.3) is 17.0 Å². The Morgan fingerprint density at radius 2 is 1.89 bits per heavy atom. The third kappa shape index (κ3) is 3.78. The molecule has 2 N–H and O–H groups in total. The van der Waals surface area contributed by atoms with Crippen molar-refractivity contribution in [1.82, 2.24) is 4.57 Å². The Hall–Kier alpha value is -3.87. The Kier molecular flexibility index (Phi) is 5.26. The third-order valence-corrected chi connectivity index (χ3v) is 4.17. The van der Waals surface area contributed by atoms with Gasteiger partial charge in [-0.3, -0.25) is 9.59 Å². The Morgan fingerprint density at radius 1 is 1.14 bits per heavy atom. The third-order valence-electron chi connectivity index (χ3n) is 4.17. The number of ether oxygens (including phenoxy) is 1. The smallest absolute Gasteiger partial charge is 0.341 e. The molecule has 142 valence electrons. The van der Waals surface area contributed by atoms with E-state index in [0.29, 0.717) is 22.2 Å². The van der Waals surface area contributed by atoms with Crippen LogP contribution in [0.2, 0.25) is 0 Å². The standard InChI is InChI=1S/C21H17NO6/c1-22-16-8-3-2-7-15(16)20(26)19(21(22)27)17(23)10-9-13-5-4-6-14(11-13)28-12-18(24)25/h2-11,26H,12H2,1H3,(H,24,25). The second-order valence-electron chi connectivity index (χ2n) is 6.06. The molecule has 0 unspecified atom stereocenters. The Bertz CT molecular complexity index is 1160. The molecule has 1 heterocycles. The Labute approximate surface area is 159 Å². The largest absolute Gasteiger partial charge is 0.506 e. The number of allylic oxidation sites excluding steroid dienone is 1. The zero-order chi connectivity index (χ0) is 20.3. The minimum atomic E-state index is -1.10. The SMILES string of the molecule is Cn1c(=O)c(C(=O)C=Cc2cccc(OCC(=O)O)c2)c(O)c2ccccc21. The highest BCUT2D eigenvalue weighted by molar-refractivity contribution is 6.11. The number of carbonyl (C=O) groups is 2. The lowest BCUT2D eigenvalue weighted by Crippen LogP contribution is -2.24. The van der Waals surface area contributed by atoms with Crippen molar-refractivity contribution in [2.75, 3.05) is 6.61 Å². The topological polar surface area (TPSA) is 106 Å². The van der Waals surface area contributed by atoms with Crippen molar-refractivity contribution in [3.05, 3.63) is 76.1 Å². The van der Waals surface area contributed by atoms with E-state index >= 15 is 0 Å². The first-order valence-electron chi connectivity index (χ1n) is 8.36. The highest BCUT2D eigenvalue weighted by Gasteiger charge is 2.19. The number of benzene rings is 2. The van der Waals surface area contributed by atoms with Gasteiger partial charge in [0.2, 0.25) is 0 Å². The van der Waals surface area contributed by atoms with Crippen molar-refractivity contribution in [2.24, 2.45) is 7.05 Å². The molecule has 3 aromatic rings. The minimum absolute atomic E-state index is 0.310. The lowest BCUT2D eigenvalue weighted by molar-refractivity contribution is -0.139. The van der Waals surface area contributed by atoms with E-state index in [2.05, 4.69) is 0 Å². The number of pyridine rings is 1. The van der Waals surface area contributed by atoms with Gasteiger partial charge in [-0.25, -0.2) is 4.79 Å². The summed E-state index contributed by atoms with van der Waals surface area (Å²) in [4.78, 5) is 35.7. The maximum atomic E-state index is 12.6. The number of aliphatic carboxylic acids is 1. The molecule has 28 heavy (non-hydrogen) atoms. The fourth-order valence-corrected chi connectivity index (χ4v) is 2.81. The number of rotatable bonds is 6. The molecule has 0 aliphatic rings. The van der Waals surface area contributed by atoms with E-state index in [9.17, 15) is 19.5 Å². The molecule has 0 aliphatic heterocycles. The number of ketones is 1. The Balaban J connectivity index is 1.93. The molecule has 0 bridgehead atoms. The first-order chi connectivity index (χ1) is 13.4. The number of aromatic nitrogens is 1. The van der Waals surface area contributed by atoms with E-state index in [4.69, 9.17) is 9.84 Å². The van der Waals surface area contributed by atoms with Gasteiger partial charge in [0.25, 0.3) is 5.56 Å². The molecule has 7 heteroatoms. The zero-order valence-electron chi connectivity index (χ0n) is 15.0. The van der Waals surface area contributed by atoms with Crippen LogP contribution in [-0.2, 0) is 11.8 Å². The zero-order valence-corrected chi connectivity index (χ0v) is 15.0. The highest BCUT2D eigenvalue weighted by Crippen LogP contribution is 2.26. The van der Waals surface area contributed by atoms with E-state index in [1.54, 1.807) is 48.5 Å². The molecule has 0 saturated heterocycles. The molecule has 3 rings (SSSR count). The predicted molar refractivity (Wildman–Crippen MR) is 104 cm³/mol. The lowest BCUT2D eigenvalue weighted by atomic mass is 10.1. The molecule has 7 nitrogen and oxygen atoms in total. The molecule has 0 saturated carbocycles. The van der Waals surface area contributed by atoms with E-state index in [1.165, 1.54) is 23.8 Å². The molecule has 0 spiro atoms. The second kappa shape index (κ2) is 7.79. The summed E-state index contributed by atoms with van der Waals surface area (Å²) in [6, 6.07) is 13.3. The summed E-state index contributed by atoms with van der Waals surface area (Å²) < 4.78 is 6.41. The van der Waals surface area contributed by atoms with E-state index in [0.717, 1.165) is 0 Å². The summed E-state index contributed by atoms with van der Waals surface area (Å²) in [5.74, 6) is -1.76. The summed E-state index contributed by atoms with van der Waals surface area (Å²) in [5, 5.41) is 19.5. The van der Waals surface area contributed by atoms with Gasteiger partial charge in [0, 0.05) is 12.4 Å². The van der Waals surface area contributed by atoms with Crippen LogP contribution in [0.4, 0.5) is 0 Å². The van der Waals surface area contributed by atoms with Crippen molar-refractivity contribution < 1.29 is 24.5 Å². The molecule has 0 atom stereocenters. The normalized spacial score (nSPS) is 11.0. The van der Waals surface area contributed by atoms with Crippen molar-refractivity contribution >= 4 is 28.7 Å². The van der Waals surface area contributed by atoms with Gasteiger partial charge in [0.15, 0.2) is 12.4 Å². The number of nitrogens with zero attached hydrogens (tertiary/aromatic N) is 1. The number of carboxylic acid groups (broad SMARTS) is 1. The quantitative estimate of drug-likeness (QED) is 0.504. The van der Waals surface area contributed by atoms with Crippen LogP contribution < -0.4 is 10.3 Å². The second-order valence-corrected chi connectivity index (χ2v) is 6.06. The van der Waals surface area contributed by atoms with Gasteiger partial charge >= 0.3 is 5.97 Å². The predicted octanol–water partition coefficient (Wildman–Crippen LogP) is 2.60. The van der Waals surface area contributed by atoms with Crippen LogP contribution in [0.15, 0.2) is 59.4 Å². The molecule has 0 aliphatic carbocycles. The maximum Gasteiger partial charge on any atom is 0.341 e. The number of hydrogen-bond donors (Lipinski definition) is 2. The molecule has 0 radical (unpaired) electrons. The van der Waals surface area contributed by atoms with Gasteiger partial charge in [-0.2, -0.15) is 0 Å². The lowest BCUT2D eigenvalue weighted by Gasteiger charge is -2.09. The van der Waals surface area contributed by atoms with E-state index in [-0.39, 0.29) is 11.3 Å². The van der Waals surface area contributed by atoms with Crippen molar-refractivity contribution in [2.45, 2.75) is 0 Å². The number of carboxylic acids is 1. The first-order valence-corrected chi connectivity index (χ1v) is 8.36. The Morgan fingerprint density at radius 3 is 2.64 bits per heavy atom. The molecular formula is C21H17NO6. The molecular weight excluding hydrogens is 362 g/mol. The number of aromatic hydroxyl groups is 1. The summed E-state index contributed by atoms with van der Waals surface area (Å²) in [7, 11) is 1.54. The number of para-hydroxylation sites is 1. The first kappa shape index (κ1) is 18.9. The number of carbonyl (C=O) groups excluding carboxylic acids is 1. The van der Waals surface area contributed by atoms with Gasteiger partial charge in [-0.1, -0.05) is 30.3 Å². The number of hydrogen-bond acceptors (Lipinski definition) is 5. The van der Waals surface area contributed by atoms with Crippen LogP contribution in [-0.4, -0.2) is 33.1 Å². The van der Waals surface area contributed by atoms with Gasteiger partial charge in [0.1, 0.15) is 17.1 Å². The van der Waals surface area contributed by atoms with Gasteiger partial charge in [-0.05, 0) is 35.9 Å². The van der Waals surface area contributed by atoms with Gasteiger partial charge in [0.05, 0.1) is 5.52 Å². The van der Waals surface area contributed by atoms with E-state index < -0.39 is 23.9 Å². The van der Waals surface area contributed by atoms with Crippen molar-refractivity contribution in [3.8, 4) is 11.5 Å². The van der Waals surface area contributed by atoms with Crippen molar-refractivity contribution in [3.63, 3.8) is 0 Å². The fourth-order valence-electron chi connectivity index (χ4n) is 2.81. The summed E-state index contributed by atoms with van der Waals surface area (Å²) in [5.41, 5.74) is 0.197. The monoisotopic (exact) mass is 379 g/mol. The molecule has 0 fully saturated rings. The van der Waals surface area contributed by atoms with Crippen LogP contribution >= 0.6 is 0 Å². The van der Waals surface area contributed by atoms with Gasteiger partial charge in [-0.15, -0.1) is 0 Å². The van der Waals surface area contributed by atoms with Crippen LogP contribution in [0.3, 0.4) is 0 Å². The van der Waals surface area contributed by atoms with Crippen molar-refractivity contribution in [1.29, 1.82) is 0 Å². The van der Waals surface area contributed by atoms with Gasteiger partial charge < -0.3 is 19.5 Å². The molecule has 2 aromatic carbocycles. The molecule has 0 amide bonds. The fraction of sp³-hybridized carbons (Fsp3) is 0.0952. The average Bonchev–Trinajstić information content (AvgIpc) is 2.69. The van der Waals surface area contributed by atoms with Crippen LogP contribution in [0.1, 0.15) is 15.9 Å². The number of aryl methyl sites for hydroxylation is 1. The summed E-state index contributed by atoms with van der Waals surface area (Å²) in [6.45, 7) is -0.479. The summed E-state index contributed by atoms with van der Waals surface area (Å²) in [6.07, 6.45) is 2.64. The molecule has 1 aromatic heterocycles. The van der Waals surface area contributed by atoms with Crippen LogP contribution in [0, 0.1) is 0 Å². The number of fused-ring (bicyclic) bond motifs is 1.